The van der Waals surface area contributed by atoms with Gasteiger partial charge in [-0.2, -0.15) is 0 Å². The van der Waals surface area contributed by atoms with Gasteiger partial charge in [0.25, 0.3) is 0 Å². The van der Waals surface area contributed by atoms with Crippen molar-refractivity contribution in [3.63, 3.8) is 0 Å². The van der Waals surface area contributed by atoms with Crippen molar-refractivity contribution in [3.05, 3.63) is 35.4 Å². The van der Waals surface area contributed by atoms with E-state index in [1.807, 2.05) is 0 Å². The Morgan fingerprint density at radius 1 is 1.47 bits per heavy atom. The van der Waals surface area contributed by atoms with E-state index in [2.05, 4.69) is 4.74 Å². The summed E-state index contributed by atoms with van der Waals surface area (Å²) in [4.78, 5) is 11.3. The lowest BCUT2D eigenvalue weighted by molar-refractivity contribution is -0.142. The van der Waals surface area contributed by atoms with Crippen molar-refractivity contribution >= 4 is 15.8 Å². The molecule has 1 aromatic carbocycles. The summed E-state index contributed by atoms with van der Waals surface area (Å²) < 4.78 is 33.2. The number of benzene rings is 1. The summed E-state index contributed by atoms with van der Waals surface area (Å²) in [5.41, 5.74) is 6.26. The Balaban J connectivity index is 2.30. The molecule has 0 bridgehead atoms. The number of esters is 1. The molecule has 0 aromatic heterocycles. The SMILES string of the molecule is COC(=O)C(N)Cc1ccc2c(c1)S(=O)(=O)C=CO2. The van der Waals surface area contributed by atoms with Crippen molar-refractivity contribution in [2.45, 2.75) is 17.4 Å². The Labute approximate surface area is 110 Å². The predicted octanol–water partition coefficient (Wildman–Crippen LogP) is 0.367. The van der Waals surface area contributed by atoms with Gasteiger partial charge >= 0.3 is 5.97 Å². The van der Waals surface area contributed by atoms with Gasteiger partial charge in [-0.3, -0.25) is 4.79 Å². The van der Waals surface area contributed by atoms with Crippen LogP contribution in [0.2, 0.25) is 0 Å². The number of fused-ring (bicyclic) bond motifs is 1. The number of carbonyl (C=O) groups is 1. The molecule has 0 radical (unpaired) electrons. The smallest absolute Gasteiger partial charge is 0.322 e. The minimum Gasteiger partial charge on any atom is -0.468 e. The van der Waals surface area contributed by atoms with Gasteiger partial charge in [-0.1, -0.05) is 6.07 Å². The Morgan fingerprint density at radius 3 is 2.89 bits per heavy atom. The minimum atomic E-state index is -3.49. The Hall–Kier alpha value is -1.86. The topological polar surface area (TPSA) is 95.7 Å². The zero-order valence-corrected chi connectivity index (χ0v) is 11.0. The first-order valence-electron chi connectivity index (χ1n) is 5.48. The lowest BCUT2D eigenvalue weighted by atomic mass is 10.1. The summed E-state index contributed by atoms with van der Waals surface area (Å²) in [5, 5.41) is 0.985. The van der Waals surface area contributed by atoms with E-state index >= 15 is 0 Å². The first kappa shape index (κ1) is 13.6. The summed E-state index contributed by atoms with van der Waals surface area (Å²) in [6.45, 7) is 0. The van der Waals surface area contributed by atoms with Crippen LogP contribution in [0.4, 0.5) is 0 Å². The zero-order chi connectivity index (χ0) is 14.0. The second kappa shape index (κ2) is 5.02. The predicted molar refractivity (Wildman–Crippen MR) is 67.1 cm³/mol. The molecule has 1 atom stereocenters. The van der Waals surface area contributed by atoms with Crippen molar-refractivity contribution in [2.75, 3.05) is 7.11 Å². The molecule has 1 aromatic rings. The van der Waals surface area contributed by atoms with Gasteiger partial charge in [0.1, 0.15) is 22.9 Å². The quantitative estimate of drug-likeness (QED) is 0.805. The molecule has 102 valence electrons. The van der Waals surface area contributed by atoms with E-state index in [9.17, 15) is 13.2 Å². The van der Waals surface area contributed by atoms with Crippen LogP contribution in [-0.4, -0.2) is 27.5 Å². The van der Waals surface area contributed by atoms with E-state index in [0.29, 0.717) is 5.56 Å². The van der Waals surface area contributed by atoms with E-state index in [4.69, 9.17) is 10.5 Å². The third-order valence-electron chi connectivity index (χ3n) is 2.70. The number of methoxy groups -OCH3 is 1. The van der Waals surface area contributed by atoms with Crippen molar-refractivity contribution < 1.29 is 22.7 Å². The number of hydrogen-bond acceptors (Lipinski definition) is 6. The van der Waals surface area contributed by atoms with Gasteiger partial charge in [0.05, 0.1) is 12.5 Å². The van der Waals surface area contributed by atoms with Gasteiger partial charge in [0.2, 0.25) is 9.84 Å². The largest absolute Gasteiger partial charge is 0.468 e. The molecule has 1 aliphatic heterocycles. The highest BCUT2D eigenvalue weighted by molar-refractivity contribution is 7.94. The lowest BCUT2D eigenvalue weighted by Gasteiger charge is -2.14. The lowest BCUT2D eigenvalue weighted by Crippen LogP contribution is -2.33. The molecule has 0 spiro atoms. The summed E-state index contributed by atoms with van der Waals surface area (Å²) in [7, 11) is -2.24. The van der Waals surface area contributed by atoms with Gasteiger partial charge in [-0.25, -0.2) is 8.42 Å². The second-order valence-electron chi connectivity index (χ2n) is 4.05. The Bertz CT molecular complexity index is 636. The molecular formula is C12H13NO5S. The van der Waals surface area contributed by atoms with Gasteiger partial charge in [-0.15, -0.1) is 0 Å². The normalized spacial score (nSPS) is 17.2. The number of carbonyl (C=O) groups excluding carboxylic acids is 1. The minimum absolute atomic E-state index is 0.0737. The van der Waals surface area contributed by atoms with Crippen LogP contribution in [0.15, 0.2) is 34.8 Å². The summed E-state index contributed by atoms with van der Waals surface area (Å²) in [5.74, 6) is -0.283. The fraction of sp³-hybridized carbons (Fsp3) is 0.250. The average molecular weight is 283 g/mol. The molecule has 7 heteroatoms. The van der Waals surface area contributed by atoms with Crippen molar-refractivity contribution in [1.29, 1.82) is 0 Å². The van der Waals surface area contributed by atoms with Gasteiger partial charge in [0, 0.05) is 0 Å². The fourth-order valence-corrected chi connectivity index (χ4v) is 2.80. The molecule has 0 saturated carbocycles. The molecule has 0 amide bonds. The van der Waals surface area contributed by atoms with Crippen molar-refractivity contribution in [2.24, 2.45) is 5.73 Å². The molecule has 6 nitrogen and oxygen atoms in total. The van der Waals surface area contributed by atoms with Crippen LogP contribution in [-0.2, 0) is 25.8 Å². The van der Waals surface area contributed by atoms with E-state index in [-0.39, 0.29) is 17.1 Å². The molecule has 1 heterocycles. The molecule has 0 aliphatic carbocycles. The average Bonchev–Trinajstić information content (AvgIpc) is 2.38. The number of rotatable bonds is 3. The van der Waals surface area contributed by atoms with Crippen LogP contribution in [0.25, 0.3) is 0 Å². The van der Waals surface area contributed by atoms with Gasteiger partial charge < -0.3 is 15.2 Å². The number of nitrogens with two attached hydrogens (primary N) is 1. The molecule has 1 unspecified atom stereocenters. The first-order valence-corrected chi connectivity index (χ1v) is 7.03. The molecule has 1 aliphatic rings. The summed E-state index contributed by atoms with van der Waals surface area (Å²) in [6.07, 6.45) is 1.32. The molecule has 19 heavy (non-hydrogen) atoms. The van der Waals surface area contributed by atoms with Crippen LogP contribution in [0.5, 0.6) is 5.75 Å². The Morgan fingerprint density at radius 2 is 2.21 bits per heavy atom. The highest BCUT2D eigenvalue weighted by Crippen LogP contribution is 2.30. The zero-order valence-electron chi connectivity index (χ0n) is 10.2. The Kier molecular flexibility index (Phi) is 3.59. The highest BCUT2D eigenvalue weighted by Gasteiger charge is 2.22. The summed E-state index contributed by atoms with van der Waals surface area (Å²) >= 11 is 0. The number of ether oxygens (including phenoxy) is 2. The maximum atomic E-state index is 11.8. The van der Waals surface area contributed by atoms with Crippen LogP contribution < -0.4 is 10.5 Å². The molecule has 2 rings (SSSR count). The van der Waals surface area contributed by atoms with Gasteiger partial charge in [-0.05, 0) is 24.1 Å². The van der Waals surface area contributed by atoms with Crippen LogP contribution >= 0.6 is 0 Å². The molecule has 0 fully saturated rings. The standard InChI is InChI=1S/C12H13NO5S/c1-17-12(14)9(13)6-8-2-3-10-11(7-8)19(15,16)5-4-18-10/h2-5,7,9H,6,13H2,1H3. The second-order valence-corrected chi connectivity index (χ2v) is 5.85. The van der Waals surface area contributed by atoms with Crippen LogP contribution in [0, 0.1) is 0 Å². The van der Waals surface area contributed by atoms with Crippen LogP contribution in [0.3, 0.4) is 0 Å². The van der Waals surface area contributed by atoms with E-state index < -0.39 is 21.8 Å². The number of sulfone groups is 1. The van der Waals surface area contributed by atoms with E-state index in [1.165, 1.54) is 19.2 Å². The van der Waals surface area contributed by atoms with Gasteiger partial charge in [0.15, 0.2) is 0 Å². The van der Waals surface area contributed by atoms with E-state index in [1.54, 1.807) is 6.07 Å². The summed E-state index contributed by atoms with van der Waals surface area (Å²) in [6, 6.07) is 3.83. The maximum absolute atomic E-state index is 11.8. The molecule has 2 N–H and O–H groups in total. The third-order valence-corrected chi connectivity index (χ3v) is 4.11. The molecule has 0 saturated heterocycles. The number of hydrogen-bond donors (Lipinski definition) is 1. The highest BCUT2D eigenvalue weighted by atomic mass is 32.2. The van der Waals surface area contributed by atoms with E-state index in [0.717, 1.165) is 11.7 Å². The third kappa shape index (κ3) is 2.77. The fourth-order valence-electron chi connectivity index (χ4n) is 1.74. The van der Waals surface area contributed by atoms with Crippen molar-refractivity contribution in [1.82, 2.24) is 0 Å². The maximum Gasteiger partial charge on any atom is 0.322 e. The van der Waals surface area contributed by atoms with Crippen LogP contribution in [0.1, 0.15) is 5.56 Å². The first-order chi connectivity index (χ1) is 8.94. The monoisotopic (exact) mass is 283 g/mol. The van der Waals surface area contributed by atoms with Crippen molar-refractivity contribution in [3.8, 4) is 5.75 Å². The molecular weight excluding hydrogens is 270 g/mol.